The number of hydrogen-bond acceptors (Lipinski definition) is 4. The van der Waals surface area contributed by atoms with Gasteiger partial charge in [-0.25, -0.2) is 4.98 Å². The Kier molecular flexibility index (Phi) is 4.69. The van der Waals surface area contributed by atoms with Gasteiger partial charge in [-0.3, -0.25) is 9.48 Å². The van der Waals surface area contributed by atoms with E-state index in [1.54, 1.807) is 35.0 Å². The third kappa shape index (κ3) is 3.91. The molecule has 0 aliphatic heterocycles. The van der Waals surface area contributed by atoms with E-state index in [4.69, 9.17) is 5.11 Å². The molecule has 0 fully saturated rings. The van der Waals surface area contributed by atoms with Gasteiger partial charge in [0.25, 0.3) is 5.91 Å². The Labute approximate surface area is 123 Å². The molecule has 0 aliphatic carbocycles. The Balaban J connectivity index is 2.05. The summed E-state index contributed by atoms with van der Waals surface area (Å²) in [5, 5.41) is 12.7. The van der Waals surface area contributed by atoms with Gasteiger partial charge >= 0.3 is 0 Å². The number of aryl methyl sites for hydroxylation is 1. The van der Waals surface area contributed by atoms with E-state index in [1.807, 2.05) is 13.2 Å². The second-order valence-corrected chi connectivity index (χ2v) is 4.58. The fraction of sp³-hybridized carbons (Fsp3) is 0.267. The first kappa shape index (κ1) is 14.8. The van der Waals surface area contributed by atoms with Gasteiger partial charge in [0.2, 0.25) is 0 Å². The maximum Gasteiger partial charge on any atom is 0.272 e. The van der Waals surface area contributed by atoms with Gasteiger partial charge in [0.05, 0.1) is 6.20 Å². The topological polar surface area (TPSA) is 71.2 Å². The van der Waals surface area contributed by atoms with E-state index in [2.05, 4.69) is 21.9 Å². The normalized spacial score (nSPS) is 9.86. The molecule has 6 nitrogen and oxygen atoms in total. The van der Waals surface area contributed by atoms with Crippen molar-refractivity contribution in [2.24, 2.45) is 7.05 Å². The van der Waals surface area contributed by atoms with Crippen molar-refractivity contribution in [2.75, 3.05) is 13.7 Å². The lowest BCUT2D eigenvalue weighted by Gasteiger charge is -2.15. The Morgan fingerprint density at radius 1 is 1.43 bits per heavy atom. The van der Waals surface area contributed by atoms with Crippen LogP contribution in [-0.2, 0) is 13.6 Å². The smallest absolute Gasteiger partial charge is 0.272 e. The van der Waals surface area contributed by atoms with Gasteiger partial charge in [-0.05, 0) is 12.1 Å². The van der Waals surface area contributed by atoms with Crippen LogP contribution >= 0.6 is 0 Å². The quantitative estimate of drug-likeness (QED) is 0.830. The van der Waals surface area contributed by atoms with Crippen LogP contribution in [0.2, 0.25) is 0 Å². The number of aliphatic hydroxyl groups is 1. The summed E-state index contributed by atoms with van der Waals surface area (Å²) in [7, 11) is 3.55. The molecular weight excluding hydrogens is 268 g/mol. The molecule has 2 aromatic heterocycles. The van der Waals surface area contributed by atoms with Crippen molar-refractivity contribution in [3.8, 4) is 11.8 Å². The van der Waals surface area contributed by atoms with Crippen molar-refractivity contribution < 1.29 is 9.90 Å². The summed E-state index contributed by atoms with van der Waals surface area (Å²) in [6.45, 7) is 0.273. The Hall–Kier alpha value is -2.65. The highest BCUT2D eigenvalue weighted by molar-refractivity contribution is 5.92. The summed E-state index contributed by atoms with van der Waals surface area (Å²) in [6, 6.07) is 3.34. The van der Waals surface area contributed by atoms with E-state index in [0.717, 1.165) is 5.56 Å². The molecule has 0 bridgehead atoms. The van der Waals surface area contributed by atoms with Crippen LogP contribution in [0.4, 0.5) is 0 Å². The number of aromatic nitrogens is 3. The molecule has 1 amide bonds. The predicted molar refractivity (Wildman–Crippen MR) is 77.2 cm³/mol. The number of amides is 1. The summed E-state index contributed by atoms with van der Waals surface area (Å²) in [5.74, 6) is 5.10. The third-order valence-corrected chi connectivity index (χ3v) is 2.82. The second kappa shape index (κ2) is 6.68. The highest BCUT2D eigenvalue weighted by atomic mass is 16.2. The maximum absolute atomic E-state index is 12.2. The average Bonchev–Trinajstić information content (AvgIpc) is 2.90. The van der Waals surface area contributed by atoms with Crippen LogP contribution in [0.3, 0.4) is 0 Å². The molecule has 0 atom stereocenters. The molecule has 108 valence electrons. The summed E-state index contributed by atoms with van der Waals surface area (Å²) in [6.07, 6.45) is 5.11. The monoisotopic (exact) mass is 284 g/mol. The van der Waals surface area contributed by atoms with Gasteiger partial charge in [-0.1, -0.05) is 11.8 Å². The molecule has 0 unspecified atom stereocenters. The molecule has 2 aromatic rings. The summed E-state index contributed by atoms with van der Waals surface area (Å²) in [4.78, 5) is 17.9. The largest absolute Gasteiger partial charge is 0.384 e. The molecule has 0 saturated heterocycles. The first-order valence-electron chi connectivity index (χ1n) is 6.39. The lowest BCUT2D eigenvalue weighted by molar-refractivity contribution is 0.0779. The minimum absolute atomic E-state index is 0.166. The highest BCUT2D eigenvalue weighted by Gasteiger charge is 2.13. The zero-order valence-corrected chi connectivity index (χ0v) is 11.9. The molecule has 21 heavy (non-hydrogen) atoms. The van der Waals surface area contributed by atoms with Crippen molar-refractivity contribution in [2.45, 2.75) is 6.54 Å². The van der Waals surface area contributed by atoms with E-state index in [9.17, 15) is 4.79 Å². The van der Waals surface area contributed by atoms with Crippen LogP contribution in [0.5, 0.6) is 0 Å². The van der Waals surface area contributed by atoms with Crippen LogP contribution in [0, 0.1) is 11.8 Å². The number of nitrogens with zero attached hydrogens (tertiary/aromatic N) is 4. The van der Waals surface area contributed by atoms with E-state index < -0.39 is 0 Å². The lowest BCUT2D eigenvalue weighted by Crippen LogP contribution is -2.26. The van der Waals surface area contributed by atoms with Gasteiger partial charge < -0.3 is 10.0 Å². The van der Waals surface area contributed by atoms with Crippen molar-refractivity contribution in [3.63, 3.8) is 0 Å². The second-order valence-electron chi connectivity index (χ2n) is 4.58. The van der Waals surface area contributed by atoms with Crippen LogP contribution in [0.25, 0.3) is 0 Å². The number of carbonyl (C=O) groups is 1. The molecule has 6 heteroatoms. The number of rotatable bonds is 3. The van der Waals surface area contributed by atoms with E-state index in [1.165, 1.54) is 6.20 Å². The number of carbonyl (C=O) groups excluding carboxylic acids is 1. The van der Waals surface area contributed by atoms with Gasteiger partial charge in [0, 0.05) is 44.2 Å². The first-order chi connectivity index (χ1) is 10.1. The standard InChI is InChI=1S/C15H16N4O2/c1-18(10-13-9-17-19(2)11-13)15(21)14-6-5-12(8-16-14)4-3-7-20/h5-6,8-9,11,20H,7,10H2,1-2H3. The number of pyridine rings is 1. The number of hydrogen-bond donors (Lipinski definition) is 1. The predicted octanol–water partition coefficient (Wildman–Crippen LogP) is 0.431. The average molecular weight is 284 g/mol. The van der Waals surface area contributed by atoms with E-state index >= 15 is 0 Å². The van der Waals surface area contributed by atoms with Gasteiger partial charge in [0.1, 0.15) is 12.3 Å². The Morgan fingerprint density at radius 3 is 2.81 bits per heavy atom. The van der Waals surface area contributed by atoms with Crippen molar-refractivity contribution >= 4 is 5.91 Å². The zero-order valence-electron chi connectivity index (χ0n) is 11.9. The van der Waals surface area contributed by atoms with Gasteiger partial charge in [-0.15, -0.1) is 0 Å². The van der Waals surface area contributed by atoms with E-state index in [-0.39, 0.29) is 12.5 Å². The molecular formula is C15H16N4O2. The van der Waals surface area contributed by atoms with Crippen molar-refractivity contribution in [3.05, 3.63) is 47.5 Å². The minimum Gasteiger partial charge on any atom is -0.384 e. The van der Waals surface area contributed by atoms with Crippen molar-refractivity contribution in [1.29, 1.82) is 0 Å². The summed E-state index contributed by atoms with van der Waals surface area (Å²) >= 11 is 0. The SMILES string of the molecule is CN(Cc1cnn(C)c1)C(=O)c1ccc(C#CCO)cn1. The third-order valence-electron chi connectivity index (χ3n) is 2.82. The first-order valence-corrected chi connectivity index (χ1v) is 6.39. The fourth-order valence-electron chi connectivity index (χ4n) is 1.83. The molecule has 0 aromatic carbocycles. The molecule has 0 saturated carbocycles. The van der Waals surface area contributed by atoms with Crippen LogP contribution in [0.1, 0.15) is 21.6 Å². The molecule has 0 aliphatic rings. The summed E-state index contributed by atoms with van der Waals surface area (Å²) < 4.78 is 1.69. The number of aliphatic hydroxyl groups excluding tert-OH is 1. The van der Waals surface area contributed by atoms with Crippen molar-refractivity contribution in [1.82, 2.24) is 19.7 Å². The maximum atomic E-state index is 12.2. The molecule has 2 heterocycles. The van der Waals surface area contributed by atoms with Crippen LogP contribution in [0.15, 0.2) is 30.7 Å². The van der Waals surface area contributed by atoms with Gasteiger partial charge in [-0.2, -0.15) is 5.10 Å². The minimum atomic E-state index is -0.200. The van der Waals surface area contributed by atoms with Gasteiger partial charge in [0.15, 0.2) is 0 Å². The zero-order chi connectivity index (χ0) is 15.2. The lowest BCUT2D eigenvalue weighted by atomic mass is 10.2. The van der Waals surface area contributed by atoms with E-state index in [0.29, 0.717) is 17.8 Å². The van der Waals surface area contributed by atoms with Crippen LogP contribution in [-0.4, -0.2) is 44.3 Å². The molecule has 0 spiro atoms. The Morgan fingerprint density at radius 2 is 2.24 bits per heavy atom. The molecule has 2 rings (SSSR count). The summed E-state index contributed by atoms with van der Waals surface area (Å²) in [5.41, 5.74) is 1.98. The Bertz CT molecular complexity index is 680. The highest BCUT2D eigenvalue weighted by Crippen LogP contribution is 2.07. The fourth-order valence-corrected chi connectivity index (χ4v) is 1.83. The van der Waals surface area contributed by atoms with Crippen LogP contribution < -0.4 is 0 Å². The molecule has 1 N–H and O–H groups in total. The molecule has 0 radical (unpaired) electrons.